The van der Waals surface area contributed by atoms with E-state index in [-0.39, 0.29) is 28.9 Å². The number of hydrogen-bond donors (Lipinski definition) is 0. The first-order valence-corrected chi connectivity index (χ1v) is 11.3. The fourth-order valence-corrected chi connectivity index (χ4v) is 5.66. The first kappa shape index (κ1) is 24.4. The van der Waals surface area contributed by atoms with Gasteiger partial charge in [-0.2, -0.15) is 0 Å². The lowest BCUT2D eigenvalue weighted by atomic mass is 9.46. The van der Waals surface area contributed by atoms with E-state index in [1.165, 1.54) is 12.7 Å². The maximum absolute atomic E-state index is 12.6. The van der Waals surface area contributed by atoms with E-state index in [1.807, 2.05) is 26.8 Å². The molecular weight excluding hydrogens is 376 g/mol. The molecule has 1 saturated carbocycles. The second kappa shape index (κ2) is 9.53. The van der Waals surface area contributed by atoms with Gasteiger partial charge in [-0.05, 0) is 77.0 Å². The number of esters is 2. The van der Waals surface area contributed by atoms with Crippen LogP contribution in [0.15, 0.2) is 34.9 Å². The highest BCUT2D eigenvalue weighted by atomic mass is 16.5. The van der Waals surface area contributed by atoms with Crippen molar-refractivity contribution < 1.29 is 19.1 Å². The highest BCUT2D eigenvalue weighted by Crippen LogP contribution is 2.62. The summed E-state index contributed by atoms with van der Waals surface area (Å²) in [5.41, 5.74) is 3.00. The van der Waals surface area contributed by atoms with Gasteiger partial charge in [0, 0.05) is 17.1 Å². The van der Waals surface area contributed by atoms with Crippen molar-refractivity contribution in [1.29, 1.82) is 0 Å². The van der Waals surface area contributed by atoms with Gasteiger partial charge in [-0.15, -0.1) is 0 Å². The van der Waals surface area contributed by atoms with Crippen LogP contribution >= 0.6 is 0 Å². The van der Waals surface area contributed by atoms with Crippen molar-refractivity contribution in [3.8, 4) is 0 Å². The van der Waals surface area contributed by atoms with E-state index in [2.05, 4.69) is 33.8 Å². The molecule has 168 valence electrons. The number of ether oxygens (including phenoxy) is 2. The van der Waals surface area contributed by atoms with E-state index in [0.29, 0.717) is 17.4 Å². The van der Waals surface area contributed by atoms with E-state index in [9.17, 15) is 9.59 Å². The molecule has 4 nitrogen and oxygen atoms in total. The SMILES string of the molecule is C/C=C(/C)C(=O)O[C@H]1C[C@@H](C)[C@](C)(CC/C(C)=C/C(=O)OC)[C@H]2CCC=C(C)[C@]12C. The second-order valence-electron chi connectivity index (χ2n) is 9.82. The average Bonchev–Trinajstić information content (AvgIpc) is 2.71. The van der Waals surface area contributed by atoms with Crippen LogP contribution < -0.4 is 0 Å². The summed E-state index contributed by atoms with van der Waals surface area (Å²) in [6.07, 6.45) is 10.5. The van der Waals surface area contributed by atoms with Gasteiger partial charge in [-0.25, -0.2) is 9.59 Å². The van der Waals surface area contributed by atoms with Crippen molar-refractivity contribution in [2.24, 2.45) is 22.7 Å². The van der Waals surface area contributed by atoms with Gasteiger partial charge >= 0.3 is 11.9 Å². The molecule has 2 aliphatic carbocycles. The molecule has 0 aliphatic heterocycles. The largest absolute Gasteiger partial charge is 0.466 e. The predicted molar refractivity (Wildman–Crippen MR) is 121 cm³/mol. The zero-order valence-corrected chi connectivity index (χ0v) is 20.1. The molecule has 0 aromatic carbocycles. The average molecular weight is 417 g/mol. The predicted octanol–water partition coefficient (Wildman–Crippen LogP) is 6.17. The number of carbonyl (C=O) groups excluding carboxylic acids is 2. The van der Waals surface area contributed by atoms with Gasteiger partial charge < -0.3 is 9.47 Å². The first-order valence-electron chi connectivity index (χ1n) is 11.3. The van der Waals surface area contributed by atoms with Crippen molar-refractivity contribution in [2.75, 3.05) is 7.11 Å². The fourth-order valence-electron chi connectivity index (χ4n) is 5.66. The van der Waals surface area contributed by atoms with Gasteiger partial charge in [0.05, 0.1) is 7.11 Å². The summed E-state index contributed by atoms with van der Waals surface area (Å²) in [4.78, 5) is 24.2. The molecule has 0 aromatic heterocycles. The monoisotopic (exact) mass is 416 g/mol. The summed E-state index contributed by atoms with van der Waals surface area (Å²) in [6, 6.07) is 0. The number of carbonyl (C=O) groups is 2. The Morgan fingerprint density at radius 1 is 1.27 bits per heavy atom. The van der Waals surface area contributed by atoms with Crippen molar-refractivity contribution >= 4 is 11.9 Å². The van der Waals surface area contributed by atoms with Crippen LogP contribution in [0.1, 0.15) is 80.6 Å². The topological polar surface area (TPSA) is 52.6 Å². The maximum Gasteiger partial charge on any atom is 0.333 e. The maximum atomic E-state index is 12.6. The Kier molecular flexibility index (Phi) is 7.76. The molecule has 2 rings (SSSR count). The van der Waals surface area contributed by atoms with Crippen LogP contribution in [0, 0.1) is 22.7 Å². The smallest absolute Gasteiger partial charge is 0.333 e. The fraction of sp³-hybridized carbons (Fsp3) is 0.692. The van der Waals surface area contributed by atoms with Crippen LogP contribution in [-0.2, 0) is 19.1 Å². The molecule has 5 atom stereocenters. The summed E-state index contributed by atoms with van der Waals surface area (Å²) in [5, 5.41) is 0. The molecule has 0 unspecified atom stereocenters. The van der Waals surface area contributed by atoms with Gasteiger partial charge in [0.2, 0.25) is 0 Å². The van der Waals surface area contributed by atoms with E-state index in [0.717, 1.165) is 37.7 Å². The Bertz CT molecular complexity index is 759. The Labute approximate surface area is 182 Å². The Morgan fingerprint density at radius 2 is 1.93 bits per heavy atom. The molecule has 0 amide bonds. The zero-order valence-electron chi connectivity index (χ0n) is 20.1. The molecule has 2 aliphatic rings. The molecular formula is C26H40O4. The molecule has 0 N–H and O–H groups in total. The number of allylic oxidation sites excluding steroid dienone is 3. The number of rotatable bonds is 6. The van der Waals surface area contributed by atoms with Crippen molar-refractivity contribution in [3.63, 3.8) is 0 Å². The molecule has 4 heteroatoms. The number of fused-ring (bicyclic) bond motifs is 1. The lowest BCUT2D eigenvalue weighted by molar-refractivity contribution is -0.172. The van der Waals surface area contributed by atoms with Crippen LogP contribution in [0.25, 0.3) is 0 Å². The minimum Gasteiger partial charge on any atom is -0.466 e. The quantitative estimate of drug-likeness (QED) is 0.295. The number of methoxy groups -OCH3 is 1. The summed E-state index contributed by atoms with van der Waals surface area (Å²) in [7, 11) is 1.41. The normalized spacial score (nSPS) is 34.7. The van der Waals surface area contributed by atoms with Gasteiger partial charge in [-0.1, -0.05) is 44.1 Å². The molecule has 0 heterocycles. The summed E-state index contributed by atoms with van der Waals surface area (Å²) in [6.45, 7) is 14.9. The summed E-state index contributed by atoms with van der Waals surface area (Å²) >= 11 is 0. The summed E-state index contributed by atoms with van der Waals surface area (Å²) in [5.74, 6) is 0.347. The van der Waals surface area contributed by atoms with Crippen LogP contribution in [0.3, 0.4) is 0 Å². The first-order chi connectivity index (χ1) is 14.0. The van der Waals surface area contributed by atoms with Gasteiger partial charge in [0.1, 0.15) is 6.10 Å². The Morgan fingerprint density at radius 3 is 2.53 bits per heavy atom. The van der Waals surface area contributed by atoms with Gasteiger partial charge in [0.25, 0.3) is 0 Å². The van der Waals surface area contributed by atoms with Crippen LogP contribution in [0.5, 0.6) is 0 Å². The minimum atomic E-state index is -0.290. The Balaban J connectivity index is 2.34. The third kappa shape index (κ3) is 4.58. The van der Waals surface area contributed by atoms with Gasteiger partial charge in [-0.3, -0.25) is 0 Å². The minimum absolute atomic E-state index is 0.105. The summed E-state index contributed by atoms with van der Waals surface area (Å²) < 4.78 is 10.9. The molecule has 0 aromatic rings. The molecule has 0 radical (unpaired) electrons. The Hall–Kier alpha value is -1.84. The molecule has 1 fully saturated rings. The third-order valence-corrected chi connectivity index (χ3v) is 8.27. The van der Waals surface area contributed by atoms with Gasteiger partial charge in [0.15, 0.2) is 0 Å². The van der Waals surface area contributed by atoms with E-state index < -0.39 is 0 Å². The highest BCUT2D eigenvalue weighted by molar-refractivity contribution is 5.87. The molecule has 0 saturated heterocycles. The van der Waals surface area contributed by atoms with E-state index >= 15 is 0 Å². The van der Waals surface area contributed by atoms with Crippen molar-refractivity contribution in [2.45, 2.75) is 86.7 Å². The third-order valence-electron chi connectivity index (χ3n) is 8.27. The molecule has 0 bridgehead atoms. The zero-order chi connectivity index (χ0) is 22.7. The highest BCUT2D eigenvalue weighted by Gasteiger charge is 2.58. The molecule has 30 heavy (non-hydrogen) atoms. The van der Waals surface area contributed by atoms with Crippen LogP contribution in [0.2, 0.25) is 0 Å². The van der Waals surface area contributed by atoms with Crippen LogP contribution in [-0.4, -0.2) is 25.2 Å². The van der Waals surface area contributed by atoms with Crippen LogP contribution in [0.4, 0.5) is 0 Å². The second-order valence-corrected chi connectivity index (χ2v) is 9.82. The number of hydrogen-bond acceptors (Lipinski definition) is 4. The van der Waals surface area contributed by atoms with E-state index in [1.54, 1.807) is 6.08 Å². The lowest BCUT2D eigenvalue weighted by Gasteiger charge is -2.60. The lowest BCUT2D eigenvalue weighted by Crippen LogP contribution is -2.57. The standard InChI is InChI=1S/C26H40O4/c1-9-18(3)24(28)30-22-16-20(5)25(6,14-13-17(2)15-23(27)29-8)21-12-10-11-19(4)26(21,22)7/h9,11,15,20-22H,10,12-14,16H2,1-8H3/b17-15+,18-9-/t20-,21-,22+,25+,26+/m1/s1. The van der Waals surface area contributed by atoms with E-state index in [4.69, 9.17) is 9.47 Å². The molecule has 0 spiro atoms. The van der Waals surface area contributed by atoms with Crippen molar-refractivity contribution in [3.05, 3.63) is 34.9 Å². The van der Waals surface area contributed by atoms with Crippen molar-refractivity contribution in [1.82, 2.24) is 0 Å².